The smallest absolute Gasteiger partial charge is 0.0278 e. The van der Waals surface area contributed by atoms with Gasteiger partial charge in [-0.1, -0.05) is 5.28 Å². The molecule has 0 spiro atoms. The van der Waals surface area contributed by atoms with Gasteiger partial charge in [-0.05, 0) is 7.05 Å². The Morgan fingerprint density at radius 2 is 2.00 bits per heavy atom. The summed E-state index contributed by atoms with van der Waals surface area (Å²) in [6.07, 6.45) is 0. The first kappa shape index (κ1) is 9.40. The molecule has 2 N–H and O–H groups in total. The van der Waals surface area contributed by atoms with Gasteiger partial charge in [0, 0.05) is 32.9 Å². The predicted octanol–water partition coefficient (Wildman–Crippen LogP) is -1.04. The Labute approximate surface area is 71.9 Å². The molecule has 0 atom stereocenters. The van der Waals surface area contributed by atoms with Crippen LogP contribution < -0.4 is 5.53 Å². The van der Waals surface area contributed by atoms with Gasteiger partial charge in [0.2, 0.25) is 0 Å². The van der Waals surface area contributed by atoms with Gasteiger partial charge in [0.1, 0.15) is 0 Å². The summed E-state index contributed by atoms with van der Waals surface area (Å²) >= 11 is 0. The zero-order valence-electron chi connectivity index (χ0n) is 7.27. The summed E-state index contributed by atoms with van der Waals surface area (Å²) < 4.78 is 0. The van der Waals surface area contributed by atoms with Crippen molar-refractivity contribution in [3.05, 3.63) is 0 Å². The fraction of sp³-hybridized carbons (Fsp3) is 0.833. The van der Waals surface area contributed by atoms with Crippen molar-refractivity contribution in [2.75, 3.05) is 33.2 Å². The highest BCUT2D eigenvalue weighted by Crippen LogP contribution is 1.95. The molecule has 0 bridgehead atoms. The first-order valence-electron chi connectivity index (χ1n) is 3.88. The highest BCUT2D eigenvalue weighted by molar-refractivity contribution is 5.21. The van der Waals surface area contributed by atoms with Crippen LogP contribution in [-0.2, 0) is 0 Å². The van der Waals surface area contributed by atoms with Gasteiger partial charge in [-0.2, -0.15) is 0 Å². The van der Waals surface area contributed by atoms with E-state index < -0.39 is 0 Å². The van der Waals surface area contributed by atoms with Gasteiger partial charge in [0.15, 0.2) is 0 Å². The summed E-state index contributed by atoms with van der Waals surface area (Å²) in [4.78, 5) is 2.22. The summed E-state index contributed by atoms with van der Waals surface area (Å²) in [7, 11) is 2.07. The highest BCUT2D eigenvalue weighted by atomic mass is 16.6. The first-order valence-corrected chi connectivity index (χ1v) is 3.88. The fourth-order valence-corrected chi connectivity index (χ4v) is 1.06. The van der Waals surface area contributed by atoms with Crippen LogP contribution in [0.2, 0.25) is 0 Å². The lowest BCUT2D eigenvalue weighted by Crippen LogP contribution is -2.54. The number of nitrogens with one attached hydrogen (secondary N) is 1. The van der Waals surface area contributed by atoms with Crippen molar-refractivity contribution in [2.24, 2.45) is 5.10 Å². The third-order valence-corrected chi connectivity index (χ3v) is 1.87. The molecule has 1 fully saturated rings. The lowest BCUT2D eigenvalue weighted by atomic mass is 10.4. The highest BCUT2D eigenvalue weighted by Gasteiger charge is 2.14. The number of piperazine rings is 1. The number of hydrogen-bond donors (Lipinski definition) is 2. The second-order valence-electron chi connectivity index (χ2n) is 2.82. The first-order chi connectivity index (χ1) is 5.72. The predicted molar refractivity (Wildman–Crippen MR) is 45.4 cm³/mol. The molecule has 1 aliphatic rings. The van der Waals surface area contributed by atoms with E-state index in [1.54, 1.807) is 0 Å². The van der Waals surface area contributed by atoms with Crippen molar-refractivity contribution < 1.29 is 5.21 Å². The number of rotatable bonds is 3. The quantitative estimate of drug-likeness (QED) is 0.422. The van der Waals surface area contributed by atoms with E-state index in [0.29, 0.717) is 5.28 Å². The van der Waals surface area contributed by atoms with Crippen LogP contribution in [0.15, 0.2) is 5.10 Å². The van der Waals surface area contributed by atoms with Crippen molar-refractivity contribution in [1.82, 2.24) is 20.7 Å². The largest absolute Gasteiger partial charge is 0.304 e. The Hall–Kier alpha value is -0.690. The van der Waals surface area contributed by atoms with Crippen LogP contribution in [0, 0.1) is 0 Å². The minimum atomic E-state index is 0.616. The number of likely N-dealkylation sites (N-methyl/N-ethyl adjacent to an activating group) is 1. The number of nitrogens with zero attached hydrogens (tertiary/aromatic N) is 4. The minimum absolute atomic E-state index is 0.616. The van der Waals surface area contributed by atoms with E-state index in [0.717, 1.165) is 26.2 Å². The van der Waals surface area contributed by atoms with E-state index in [4.69, 9.17) is 5.21 Å². The Morgan fingerprint density at radius 1 is 1.42 bits per heavy atom. The SMILES string of the molecule is C=NN(O)NN1CCN(C)CC1. The molecule has 70 valence electrons. The standard InChI is InChI=1S/C6H15N5O/c1-7-11(12)8-10-5-3-9(2)4-6-10/h8,12H,1,3-6H2,2H3. The maximum absolute atomic E-state index is 8.91. The van der Waals surface area contributed by atoms with E-state index in [1.165, 1.54) is 0 Å². The van der Waals surface area contributed by atoms with Crippen LogP contribution in [0.25, 0.3) is 0 Å². The van der Waals surface area contributed by atoms with Crippen molar-refractivity contribution in [3.63, 3.8) is 0 Å². The van der Waals surface area contributed by atoms with Gasteiger partial charge in [0.05, 0.1) is 0 Å². The van der Waals surface area contributed by atoms with Gasteiger partial charge in [0.25, 0.3) is 0 Å². The van der Waals surface area contributed by atoms with Crippen LogP contribution in [-0.4, -0.2) is 60.3 Å². The zero-order valence-corrected chi connectivity index (χ0v) is 7.27. The molecule has 1 rings (SSSR count). The molecule has 1 saturated heterocycles. The summed E-state index contributed by atoms with van der Waals surface area (Å²) in [5.41, 5.74) is 2.66. The molecule has 0 aromatic rings. The second kappa shape index (κ2) is 4.36. The van der Waals surface area contributed by atoms with Crippen LogP contribution in [0.4, 0.5) is 0 Å². The molecule has 6 heteroatoms. The van der Waals surface area contributed by atoms with E-state index >= 15 is 0 Å². The molecule has 0 saturated carbocycles. The van der Waals surface area contributed by atoms with Crippen molar-refractivity contribution >= 4 is 6.72 Å². The fourth-order valence-electron chi connectivity index (χ4n) is 1.06. The summed E-state index contributed by atoms with van der Waals surface area (Å²) in [6.45, 7) is 6.86. The number of hydrazone groups is 1. The van der Waals surface area contributed by atoms with Gasteiger partial charge < -0.3 is 4.90 Å². The average Bonchev–Trinajstić information content (AvgIpc) is 2.09. The molecule has 0 amide bonds. The molecule has 12 heavy (non-hydrogen) atoms. The van der Waals surface area contributed by atoms with Gasteiger partial charge in [-0.25, -0.2) is 5.01 Å². The van der Waals surface area contributed by atoms with Crippen LogP contribution >= 0.6 is 0 Å². The summed E-state index contributed by atoms with van der Waals surface area (Å²) in [5.74, 6) is 0. The molecule has 0 aliphatic carbocycles. The van der Waals surface area contributed by atoms with E-state index in [2.05, 4.69) is 29.3 Å². The Balaban J connectivity index is 2.21. The molecule has 0 unspecified atom stereocenters. The molecule has 0 radical (unpaired) electrons. The minimum Gasteiger partial charge on any atom is -0.304 e. The maximum atomic E-state index is 8.91. The maximum Gasteiger partial charge on any atom is 0.0278 e. The third-order valence-electron chi connectivity index (χ3n) is 1.87. The Bertz CT molecular complexity index is 145. The molecule has 1 aliphatic heterocycles. The van der Waals surface area contributed by atoms with Crippen molar-refractivity contribution in [2.45, 2.75) is 0 Å². The number of hydrogen-bond acceptors (Lipinski definition) is 6. The van der Waals surface area contributed by atoms with Crippen LogP contribution in [0.3, 0.4) is 0 Å². The van der Waals surface area contributed by atoms with Crippen LogP contribution in [0.5, 0.6) is 0 Å². The van der Waals surface area contributed by atoms with Crippen molar-refractivity contribution in [3.8, 4) is 0 Å². The van der Waals surface area contributed by atoms with E-state index in [-0.39, 0.29) is 0 Å². The van der Waals surface area contributed by atoms with E-state index in [1.807, 2.05) is 5.01 Å². The number of hydrazine groups is 2. The molecule has 0 aromatic carbocycles. The Morgan fingerprint density at radius 3 is 2.50 bits per heavy atom. The van der Waals surface area contributed by atoms with E-state index in [9.17, 15) is 0 Å². The topological polar surface area (TPSA) is 54.3 Å². The van der Waals surface area contributed by atoms with Crippen LogP contribution in [0.1, 0.15) is 0 Å². The lowest BCUT2D eigenvalue weighted by Gasteiger charge is -2.33. The molecule has 6 nitrogen and oxygen atoms in total. The molecule has 0 aromatic heterocycles. The lowest BCUT2D eigenvalue weighted by molar-refractivity contribution is -0.193. The second-order valence-corrected chi connectivity index (χ2v) is 2.82. The summed E-state index contributed by atoms with van der Waals surface area (Å²) in [6, 6.07) is 0. The van der Waals surface area contributed by atoms with Gasteiger partial charge in [-0.3, -0.25) is 5.21 Å². The summed E-state index contributed by atoms with van der Waals surface area (Å²) in [5, 5.41) is 14.7. The average molecular weight is 173 g/mol. The Kier molecular flexibility index (Phi) is 3.42. The monoisotopic (exact) mass is 173 g/mol. The molecule has 1 heterocycles. The molecular formula is C6H15N5O. The molecular weight excluding hydrogens is 158 g/mol. The van der Waals surface area contributed by atoms with Crippen molar-refractivity contribution in [1.29, 1.82) is 0 Å². The third kappa shape index (κ3) is 2.74. The van der Waals surface area contributed by atoms with Gasteiger partial charge >= 0.3 is 0 Å². The zero-order chi connectivity index (χ0) is 8.97. The normalized spacial score (nSPS) is 20.8. The van der Waals surface area contributed by atoms with Gasteiger partial charge in [-0.15, -0.1) is 10.6 Å².